The Morgan fingerprint density at radius 2 is 1.75 bits per heavy atom. The molecule has 188 valence electrons. The Morgan fingerprint density at radius 3 is 2.39 bits per heavy atom. The van der Waals surface area contributed by atoms with Crippen LogP contribution in [0.5, 0.6) is 0 Å². The number of rotatable bonds is 5. The molecule has 4 aliphatic rings. The second kappa shape index (κ2) is 8.85. The zero-order valence-corrected chi connectivity index (χ0v) is 20.7. The third-order valence-electron chi connectivity index (χ3n) is 8.82. The molecular weight excluding hydrogens is 454 g/mol. The van der Waals surface area contributed by atoms with Gasteiger partial charge in [0, 0.05) is 38.1 Å². The van der Waals surface area contributed by atoms with Gasteiger partial charge in [0.05, 0.1) is 35.7 Å². The quantitative estimate of drug-likeness (QED) is 0.586. The molecule has 1 aromatic carbocycles. The number of nitrogens with zero attached hydrogens (tertiary/aromatic N) is 5. The molecule has 0 atom stereocenters. The Morgan fingerprint density at radius 1 is 0.972 bits per heavy atom. The Hall–Kier alpha value is -2.97. The highest BCUT2D eigenvalue weighted by Crippen LogP contribution is 2.43. The van der Waals surface area contributed by atoms with Gasteiger partial charge in [-0.2, -0.15) is 5.10 Å². The fourth-order valence-electron chi connectivity index (χ4n) is 6.36. The Bertz CT molecular complexity index is 1320. The number of carboxylic acids is 1. The lowest BCUT2D eigenvalue weighted by atomic mass is 9.82. The summed E-state index contributed by atoms with van der Waals surface area (Å²) >= 11 is 0. The number of aromatic carboxylic acids is 1. The number of carbonyl (C=O) groups is 1. The second-order valence-electron chi connectivity index (χ2n) is 10.8. The molecular formula is C28H33N5O3. The van der Waals surface area contributed by atoms with Gasteiger partial charge in [-0.1, -0.05) is 12.5 Å². The number of pyridine rings is 1. The first-order valence-electron chi connectivity index (χ1n) is 13.5. The molecule has 8 heteroatoms. The van der Waals surface area contributed by atoms with Crippen LogP contribution in [0.2, 0.25) is 0 Å². The van der Waals surface area contributed by atoms with Gasteiger partial charge < -0.3 is 14.7 Å². The van der Waals surface area contributed by atoms with Gasteiger partial charge in [0.2, 0.25) is 0 Å². The van der Waals surface area contributed by atoms with Crippen molar-refractivity contribution in [2.75, 3.05) is 44.3 Å². The van der Waals surface area contributed by atoms with Crippen molar-refractivity contribution in [2.45, 2.75) is 56.9 Å². The first-order chi connectivity index (χ1) is 17.7. The molecule has 2 aliphatic carbocycles. The first-order valence-corrected chi connectivity index (χ1v) is 13.5. The Balaban J connectivity index is 1.31. The van der Waals surface area contributed by atoms with Crippen molar-refractivity contribution >= 4 is 22.7 Å². The third kappa shape index (κ3) is 3.69. The van der Waals surface area contributed by atoms with Crippen molar-refractivity contribution in [3.63, 3.8) is 0 Å². The summed E-state index contributed by atoms with van der Waals surface area (Å²) in [6.45, 7) is 5.47. The van der Waals surface area contributed by atoms with Crippen LogP contribution in [0.3, 0.4) is 0 Å². The van der Waals surface area contributed by atoms with E-state index in [4.69, 9.17) is 9.84 Å². The molecule has 36 heavy (non-hydrogen) atoms. The summed E-state index contributed by atoms with van der Waals surface area (Å²) in [5.41, 5.74) is 6.61. The van der Waals surface area contributed by atoms with Crippen LogP contribution >= 0.6 is 0 Å². The molecule has 1 saturated carbocycles. The lowest BCUT2D eigenvalue weighted by molar-refractivity contribution is 0.0115. The van der Waals surface area contributed by atoms with E-state index < -0.39 is 5.97 Å². The van der Waals surface area contributed by atoms with E-state index in [-0.39, 0.29) is 5.69 Å². The highest BCUT2D eigenvalue weighted by molar-refractivity contribution is 5.98. The number of aromatic nitrogens is 3. The van der Waals surface area contributed by atoms with Crippen LogP contribution in [-0.2, 0) is 17.6 Å². The maximum atomic E-state index is 12.2. The molecule has 1 N–H and O–H groups in total. The van der Waals surface area contributed by atoms with Crippen LogP contribution in [0.25, 0.3) is 16.7 Å². The van der Waals surface area contributed by atoms with E-state index in [9.17, 15) is 9.90 Å². The predicted octanol–water partition coefficient (Wildman–Crippen LogP) is 3.79. The number of piperidine rings is 1. The van der Waals surface area contributed by atoms with Gasteiger partial charge in [-0.25, -0.2) is 14.5 Å². The number of hydrogen-bond donors (Lipinski definition) is 1. The van der Waals surface area contributed by atoms with Gasteiger partial charge in [0.1, 0.15) is 0 Å². The van der Waals surface area contributed by atoms with E-state index in [1.807, 2.05) is 4.68 Å². The predicted molar refractivity (Wildman–Crippen MR) is 137 cm³/mol. The number of benzene rings is 1. The van der Waals surface area contributed by atoms with Gasteiger partial charge in [-0.3, -0.25) is 4.90 Å². The highest BCUT2D eigenvalue weighted by atomic mass is 16.5. The van der Waals surface area contributed by atoms with Crippen LogP contribution < -0.4 is 4.90 Å². The number of morpholine rings is 1. The molecule has 0 unspecified atom stereocenters. The zero-order chi connectivity index (χ0) is 24.2. The van der Waals surface area contributed by atoms with E-state index in [0.29, 0.717) is 17.6 Å². The topological polar surface area (TPSA) is 83.7 Å². The fourth-order valence-corrected chi connectivity index (χ4v) is 6.36. The minimum Gasteiger partial charge on any atom is -0.477 e. The van der Waals surface area contributed by atoms with Crippen LogP contribution in [0, 0.1) is 0 Å². The van der Waals surface area contributed by atoms with Gasteiger partial charge in [0.15, 0.2) is 11.3 Å². The van der Waals surface area contributed by atoms with Crippen LogP contribution in [-0.4, -0.2) is 76.2 Å². The number of aryl methyl sites for hydroxylation is 2. The number of hydrogen-bond acceptors (Lipinski definition) is 6. The molecule has 8 nitrogen and oxygen atoms in total. The minimum absolute atomic E-state index is 0.0954. The summed E-state index contributed by atoms with van der Waals surface area (Å²) < 4.78 is 7.46. The normalized spacial score (nSPS) is 21.3. The van der Waals surface area contributed by atoms with Crippen molar-refractivity contribution in [1.82, 2.24) is 19.7 Å². The number of fused-ring (bicyclic) bond motifs is 2. The molecule has 0 spiro atoms. The molecule has 3 aromatic rings. The smallest absolute Gasteiger partial charge is 0.354 e. The summed E-state index contributed by atoms with van der Waals surface area (Å²) in [6.07, 6.45) is 7.86. The van der Waals surface area contributed by atoms with Crippen molar-refractivity contribution < 1.29 is 14.6 Å². The summed E-state index contributed by atoms with van der Waals surface area (Å²) in [6, 6.07) is 8.86. The molecule has 2 aromatic heterocycles. The molecule has 0 amide bonds. The lowest BCUT2D eigenvalue weighted by Crippen LogP contribution is -2.49. The lowest BCUT2D eigenvalue weighted by Gasteiger charge is -2.41. The molecule has 4 heterocycles. The zero-order valence-electron chi connectivity index (χ0n) is 20.7. The van der Waals surface area contributed by atoms with Crippen LogP contribution in [0.4, 0.5) is 5.69 Å². The van der Waals surface area contributed by atoms with E-state index in [1.54, 1.807) is 6.07 Å². The van der Waals surface area contributed by atoms with Gasteiger partial charge in [0.25, 0.3) is 0 Å². The van der Waals surface area contributed by atoms with Gasteiger partial charge in [-0.05, 0) is 67.9 Å². The fraction of sp³-hybridized carbons (Fsp3) is 0.536. The van der Waals surface area contributed by atoms with E-state index in [2.05, 4.69) is 33.0 Å². The molecule has 0 bridgehead atoms. The summed E-state index contributed by atoms with van der Waals surface area (Å²) in [5, 5.41) is 16.2. The largest absolute Gasteiger partial charge is 0.477 e. The van der Waals surface area contributed by atoms with Gasteiger partial charge >= 0.3 is 5.97 Å². The average molecular weight is 488 g/mol. The van der Waals surface area contributed by atoms with E-state index >= 15 is 0 Å². The maximum absolute atomic E-state index is 12.2. The van der Waals surface area contributed by atoms with Crippen molar-refractivity contribution in [2.24, 2.45) is 0 Å². The Labute approximate surface area is 210 Å². The van der Waals surface area contributed by atoms with Crippen LogP contribution in [0.15, 0.2) is 24.3 Å². The number of carboxylic acid groups (broad SMARTS) is 1. The van der Waals surface area contributed by atoms with Crippen molar-refractivity contribution in [3.05, 3.63) is 46.8 Å². The average Bonchev–Trinajstić information content (AvgIpc) is 3.23. The standard InChI is InChI=1S/C28H33N5O3/c34-28(35)23-17-24(32-10-8-21(9-11-32)31-12-14-36-15-13-31)25-26(19-2-1-3-19)30-33(27(25)29-23)22-7-6-18-4-5-20(18)16-22/h6-7,16-17,19,21H,1-5,8-15H2,(H,34,35). The van der Waals surface area contributed by atoms with E-state index in [1.165, 1.54) is 17.5 Å². The van der Waals surface area contributed by atoms with Crippen LogP contribution in [0.1, 0.15) is 65.3 Å². The number of anilines is 1. The first kappa shape index (κ1) is 22.2. The monoisotopic (exact) mass is 487 g/mol. The third-order valence-corrected chi connectivity index (χ3v) is 8.82. The second-order valence-corrected chi connectivity index (χ2v) is 10.8. The number of ether oxygens (including phenoxy) is 1. The highest BCUT2D eigenvalue weighted by Gasteiger charge is 2.32. The maximum Gasteiger partial charge on any atom is 0.354 e. The van der Waals surface area contributed by atoms with E-state index in [0.717, 1.165) is 100 Å². The summed E-state index contributed by atoms with van der Waals surface area (Å²) in [5.74, 6) is -0.570. The van der Waals surface area contributed by atoms with Crippen molar-refractivity contribution in [3.8, 4) is 5.69 Å². The molecule has 3 fully saturated rings. The molecule has 2 saturated heterocycles. The summed E-state index contributed by atoms with van der Waals surface area (Å²) in [4.78, 5) is 21.8. The van der Waals surface area contributed by atoms with Crippen molar-refractivity contribution in [1.29, 1.82) is 0 Å². The SMILES string of the molecule is O=C(O)c1cc(N2CCC(N3CCOCC3)CC2)c2c(C3CCC3)nn(-c3ccc4c(c3)CC4)c2n1. The molecule has 0 radical (unpaired) electrons. The minimum atomic E-state index is -0.989. The molecule has 2 aliphatic heterocycles. The Kier molecular flexibility index (Phi) is 5.47. The van der Waals surface area contributed by atoms with Gasteiger partial charge in [-0.15, -0.1) is 0 Å². The molecule has 7 rings (SSSR count). The summed E-state index contributed by atoms with van der Waals surface area (Å²) in [7, 11) is 0.